The number of rotatable bonds is 10. The molecule has 0 unspecified atom stereocenters. The second kappa shape index (κ2) is 11.4. The van der Waals surface area contributed by atoms with Crippen molar-refractivity contribution in [3.05, 3.63) is 89.1 Å². The number of hydrogen-bond acceptors (Lipinski definition) is 4. The zero-order valence-corrected chi connectivity index (χ0v) is 20.8. The van der Waals surface area contributed by atoms with Gasteiger partial charge >= 0.3 is 0 Å². The SMILES string of the molecule is CCOc1ccc(CCNC(=O)c2[nH]c3ccc(C)cc3c2NC(=O)c2ccccc2)cc1OCC. The number of hydrogen-bond donors (Lipinski definition) is 3. The first kappa shape index (κ1) is 24.9. The highest BCUT2D eigenvalue weighted by molar-refractivity contribution is 6.15. The van der Waals surface area contributed by atoms with E-state index < -0.39 is 0 Å². The summed E-state index contributed by atoms with van der Waals surface area (Å²) in [6, 6.07) is 20.6. The van der Waals surface area contributed by atoms with Crippen molar-refractivity contribution in [2.24, 2.45) is 0 Å². The fourth-order valence-corrected chi connectivity index (χ4v) is 4.04. The van der Waals surface area contributed by atoms with Gasteiger partial charge in [-0.15, -0.1) is 0 Å². The van der Waals surface area contributed by atoms with Crippen molar-refractivity contribution in [3.8, 4) is 11.5 Å². The van der Waals surface area contributed by atoms with Crippen LogP contribution in [0.5, 0.6) is 11.5 Å². The topological polar surface area (TPSA) is 92.5 Å². The Morgan fingerprint density at radius 3 is 2.36 bits per heavy atom. The molecular formula is C29H31N3O4. The summed E-state index contributed by atoms with van der Waals surface area (Å²) >= 11 is 0. The smallest absolute Gasteiger partial charge is 0.269 e. The van der Waals surface area contributed by atoms with E-state index in [0.717, 1.165) is 22.0 Å². The minimum Gasteiger partial charge on any atom is -0.490 e. The number of carbonyl (C=O) groups excluding carboxylic acids is 2. The number of aryl methyl sites for hydroxylation is 1. The number of aromatic amines is 1. The van der Waals surface area contributed by atoms with Crippen LogP contribution >= 0.6 is 0 Å². The molecule has 0 saturated heterocycles. The van der Waals surface area contributed by atoms with Gasteiger partial charge in [0.05, 0.1) is 18.9 Å². The maximum atomic E-state index is 13.2. The van der Waals surface area contributed by atoms with Gasteiger partial charge in [0, 0.05) is 23.0 Å². The molecule has 3 aromatic carbocycles. The average Bonchev–Trinajstić information content (AvgIpc) is 3.23. The van der Waals surface area contributed by atoms with E-state index in [9.17, 15) is 9.59 Å². The highest BCUT2D eigenvalue weighted by atomic mass is 16.5. The van der Waals surface area contributed by atoms with Crippen LogP contribution < -0.4 is 20.1 Å². The van der Waals surface area contributed by atoms with Gasteiger partial charge in [-0.05, 0) is 69.2 Å². The zero-order valence-electron chi connectivity index (χ0n) is 20.8. The molecule has 0 radical (unpaired) electrons. The van der Waals surface area contributed by atoms with Crippen LogP contribution in [0.1, 0.15) is 45.8 Å². The molecule has 36 heavy (non-hydrogen) atoms. The van der Waals surface area contributed by atoms with E-state index in [4.69, 9.17) is 9.47 Å². The van der Waals surface area contributed by atoms with Gasteiger partial charge in [-0.3, -0.25) is 9.59 Å². The van der Waals surface area contributed by atoms with Crippen LogP contribution in [0.15, 0.2) is 66.7 Å². The summed E-state index contributed by atoms with van der Waals surface area (Å²) in [5.74, 6) is 0.840. The highest BCUT2D eigenvalue weighted by Gasteiger charge is 2.20. The number of ether oxygens (including phenoxy) is 2. The summed E-state index contributed by atoms with van der Waals surface area (Å²) < 4.78 is 11.3. The maximum absolute atomic E-state index is 13.2. The van der Waals surface area contributed by atoms with Crippen molar-refractivity contribution in [1.29, 1.82) is 0 Å². The van der Waals surface area contributed by atoms with Gasteiger partial charge < -0.3 is 25.1 Å². The quantitative estimate of drug-likeness (QED) is 0.277. The molecule has 186 valence electrons. The van der Waals surface area contributed by atoms with Gasteiger partial charge in [-0.1, -0.05) is 35.9 Å². The number of fused-ring (bicyclic) bond motifs is 1. The molecular weight excluding hydrogens is 454 g/mol. The summed E-state index contributed by atoms with van der Waals surface area (Å²) in [5.41, 5.74) is 4.14. The number of anilines is 1. The van der Waals surface area contributed by atoms with Crippen molar-refractivity contribution < 1.29 is 19.1 Å². The molecule has 4 aromatic rings. The molecule has 0 spiro atoms. The van der Waals surface area contributed by atoms with E-state index in [0.29, 0.717) is 54.6 Å². The van der Waals surface area contributed by atoms with Crippen LogP contribution in [0.4, 0.5) is 5.69 Å². The Bertz CT molecular complexity index is 1360. The van der Waals surface area contributed by atoms with Crippen molar-refractivity contribution >= 4 is 28.4 Å². The highest BCUT2D eigenvalue weighted by Crippen LogP contribution is 2.30. The van der Waals surface area contributed by atoms with Crippen molar-refractivity contribution in [3.63, 3.8) is 0 Å². The Morgan fingerprint density at radius 2 is 1.61 bits per heavy atom. The summed E-state index contributed by atoms with van der Waals surface area (Å²) in [6.45, 7) is 7.35. The minimum atomic E-state index is -0.289. The number of amides is 2. The molecule has 0 aliphatic heterocycles. The van der Waals surface area contributed by atoms with Gasteiger partial charge in [0.25, 0.3) is 11.8 Å². The molecule has 0 atom stereocenters. The third-order valence-electron chi connectivity index (χ3n) is 5.76. The van der Waals surface area contributed by atoms with Crippen LogP contribution in [-0.4, -0.2) is 36.6 Å². The third-order valence-corrected chi connectivity index (χ3v) is 5.76. The lowest BCUT2D eigenvalue weighted by Gasteiger charge is -2.13. The molecule has 0 aliphatic rings. The first-order chi connectivity index (χ1) is 17.5. The molecule has 2 amide bonds. The average molecular weight is 486 g/mol. The normalized spacial score (nSPS) is 10.8. The van der Waals surface area contributed by atoms with E-state index >= 15 is 0 Å². The maximum Gasteiger partial charge on any atom is 0.269 e. The Labute approximate surface area is 210 Å². The van der Waals surface area contributed by atoms with E-state index in [1.165, 1.54) is 0 Å². The molecule has 0 fully saturated rings. The molecule has 1 aromatic heterocycles. The van der Waals surface area contributed by atoms with E-state index in [1.807, 2.05) is 63.2 Å². The van der Waals surface area contributed by atoms with Crippen LogP contribution in [0, 0.1) is 6.92 Å². The van der Waals surface area contributed by atoms with Crippen molar-refractivity contribution in [1.82, 2.24) is 10.3 Å². The number of H-pyrrole nitrogens is 1. The lowest BCUT2D eigenvalue weighted by atomic mass is 10.1. The fraction of sp³-hybridized carbons (Fsp3) is 0.241. The monoisotopic (exact) mass is 485 g/mol. The number of nitrogens with one attached hydrogen (secondary N) is 3. The van der Waals surface area contributed by atoms with Gasteiger partial charge in [0.2, 0.25) is 0 Å². The molecule has 3 N–H and O–H groups in total. The molecule has 0 bridgehead atoms. The van der Waals surface area contributed by atoms with Gasteiger partial charge in [0.15, 0.2) is 11.5 Å². The third kappa shape index (κ3) is 5.68. The summed E-state index contributed by atoms with van der Waals surface area (Å²) in [7, 11) is 0. The van der Waals surface area contributed by atoms with E-state index in [2.05, 4.69) is 15.6 Å². The molecule has 4 rings (SSSR count). The molecule has 7 nitrogen and oxygen atoms in total. The Morgan fingerprint density at radius 1 is 0.861 bits per heavy atom. The Kier molecular flexibility index (Phi) is 7.90. The second-order valence-electron chi connectivity index (χ2n) is 8.40. The van der Waals surface area contributed by atoms with Gasteiger partial charge in [-0.2, -0.15) is 0 Å². The number of carbonyl (C=O) groups is 2. The molecule has 0 aliphatic carbocycles. The largest absolute Gasteiger partial charge is 0.490 e. The van der Waals surface area contributed by atoms with E-state index in [-0.39, 0.29) is 11.8 Å². The Hall–Kier alpha value is -4.26. The summed E-state index contributed by atoms with van der Waals surface area (Å²) in [4.78, 5) is 29.3. The lowest BCUT2D eigenvalue weighted by Crippen LogP contribution is -2.27. The lowest BCUT2D eigenvalue weighted by molar-refractivity contribution is 0.0951. The van der Waals surface area contributed by atoms with Crippen LogP contribution in [0.25, 0.3) is 10.9 Å². The van der Waals surface area contributed by atoms with Crippen LogP contribution in [0.2, 0.25) is 0 Å². The van der Waals surface area contributed by atoms with Crippen LogP contribution in [0.3, 0.4) is 0 Å². The first-order valence-electron chi connectivity index (χ1n) is 12.2. The predicted octanol–water partition coefficient (Wildman–Crippen LogP) is 5.50. The molecule has 7 heteroatoms. The predicted molar refractivity (Wildman–Crippen MR) is 142 cm³/mol. The second-order valence-corrected chi connectivity index (χ2v) is 8.40. The standard InChI is InChI=1S/C29H31N3O4/c1-4-35-24-14-12-20(18-25(24)36-5-2)15-16-30-29(34)27-26(22-17-19(3)11-13-23(22)31-27)32-28(33)21-9-7-6-8-10-21/h6-14,17-18,31H,4-5,15-16H2,1-3H3,(H,30,34)(H,32,33). The van der Waals surface area contributed by atoms with Gasteiger partial charge in [0.1, 0.15) is 5.69 Å². The number of benzene rings is 3. The fourth-order valence-electron chi connectivity index (χ4n) is 4.04. The summed E-state index contributed by atoms with van der Waals surface area (Å²) in [6.07, 6.45) is 0.614. The number of aromatic nitrogens is 1. The van der Waals surface area contributed by atoms with Crippen LogP contribution in [-0.2, 0) is 6.42 Å². The van der Waals surface area contributed by atoms with Crippen molar-refractivity contribution in [2.45, 2.75) is 27.2 Å². The zero-order chi connectivity index (χ0) is 25.5. The molecule has 1 heterocycles. The van der Waals surface area contributed by atoms with E-state index in [1.54, 1.807) is 24.3 Å². The molecule has 0 saturated carbocycles. The summed E-state index contributed by atoms with van der Waals surface area (Å²) in [5, 5.41) is 6.71. The van der Waals surface area contributed by atoms with Gasteiger partial charge in [-0.25, -0.2) is 0 Å². The Balaban J connectivity index is 1.51. The van der Waals surface area contributed by atoms with Crippen molar-refractivity contribution in [2.75, 3.05) is 25.1 Å². The minimum absolute atomic E-state index is 0.273. The first-order valence-corrected chi connectivity index (χ1v) is 12.2.